The number of carbonyl (C=O) groups is 1. The van der Waals surface area contributed by atoms with Crippen molar-refractivity contribution < 1.29 is 17.9 Å². The largest absolute Gasteiger partial charge is 0.489 e. The number of carbonyl (C=O) groups excluding carboxylic acids is 1. The maximum atomic E-state index is 12.7. The second-order valence-corrected chi connectivity index (χ2v) is 9.06. The molecule has 0 radical (unpaired) electrons. The number of rotatable bonds is 7. The van der Waals surface area contributed by atoms with E-state index in [1.54, 1.807) is 54.6 Å². The molecule has 0 aliphatic rings. The number of amides is 1. The van der Waals surface area contributed by atoms with Gasteiger partial charge in [0.05, 0.1) is 11.9 Å². The third kappa shape index (κ3) is 5.52. The normalized spacial score (nSPS) is 11.0. The zero-order chi connectivity index (χ0) is 21.7. The second kappa shape index (κ2) is 9.19. The number of benzene rings is 3. The van der Waals surface area contributed by atoms with E-state index in [0.29, 0.717) is 27.7 Å². The predicted octanol–water partition coefficient (Wildman–Crippen LogP) is 4.57. The van der Waals surface area contributed by atoms with Crippen LogP contribution in [-0.2, 0) is 16.6 Å². The zero-order valence-corrected chi connectivity index (χ0v) is 18.1. The van der Waals surface area contributed by atoms with Gasteiger partial charge in [-0.3, -0.25) is 9.10 Å². The van der Waals surface area contributed by atoms with Crippen molar-refractivity contribution in [2.75, 3.05) is 22.9 Å². The van der Waals surface area contributed by atoms with E-state index in [1.807, 2.05) is 18.2 Å². The van der Waals surface area contributed by atoms with Crippen LogP contribution in [0.3, 0.4) is 0 Å². The number of hydrogen-bond donors (Lipinski definition) is 1. The summed E-state index contributed by atoms with van der Waals surface area (Å²) in [5.74, 6) is 0.200. The van der Waals surface area contributed by atoms with Crippen LogP contribution in [0.2, 0.25) is 5.02 Å². The summed E-state index contributed by atoms with van der Waals surface area (Å²) >= 11 is 6.14. The molecular formula is C22H21ClN2O4S. The number of anilines is 2. The lowest BCUT2D eigenvalue weighted by atomic mass is 10.2. The van der Waals surface area contributed by atoms with Crippen LogP contribution in [-0.4, -0.2) is 27.6 Å². The second-order valence-electron chi connectivity index (χ2n) is 6.64. The molecule has 156 valence electrons. The van der Waals surface area contributed by atoms with E-state index in [-0.39, 0.29) is 12.5 Å². The van der Waals surface area contributed by atoms with Gasteiger partial charge < -0.3 is 10.1 Å². The summed E-state index contributed by atoms with van der Waals surface area (Å²) < 4.78 is 30.4. The molecular weight excluding hydrogens is 424 g/mol. The summed E-state index contributed by atoms with van der Waals surface area (Å²) in [4.78, 5) is 12.7. The fourth-order valence-corrected chi connectivity index (χ4v) is 3.36. The molecule has 0 atom stereocenters. The van der Waals surface area contributed by atoms with E-state index in [9.17, 15) is 13.2 Å². The first-order valence-electron chi connectivity index (χ1n) is 9.05. The molecule has 30 heavy (non-hydrogen) atoms. The van der Waals surface area contributed by atoms with E-state index in [4.69, 9.17) is 16.3 Å². The number of ether oxygens (including phenoxy) is 1. The van der Waals surface area contributed by atoms with Gasteiger partial charge in [0.2, 0.25) is 10.0 Å². The third-order valence-electron chi connectivity index (χ3n) is 4.41. The fraction of sp³-hybridized carbons (Fsp3) is 0.136. The molecule has 3 aromatic carbocycles. The average Bonchev–Trinajstić information content (AvgIpc) is 2.72. The Balaban J connectivity index is 1.71. The van der Waals surface area contributed by atoms with Crippen LogP contribution in [0.4, 0.5) is 11.4 Å². The van der Waals surface area contributed by atoms with Gasteiger partial charge >= 0.3 is 0 Å². The summed E-state index contributed by atoms with van der Waals surface area (Å²) in [7, 11) is -1.94. The standard InChI is InChI=1S/C22H21ClN2O4S/c1-25(30(2,27)28)19-10-6-9-18(14-19)24-22(26)16-8-5-11-20(13-16)29-15-17-7-3-4-12-21(17)23/h3-14H,15H2,1-2H3,(H,24,26). The molecule has 0 saturated heterocycles. The zero-order valence-electron chi connectivity index (χ0n) is 16.5. The van der Waals surface area contributed by atoms with Crippen LogP contribution in [0.1, 0.15) is 15.9 Å². The summed E-state index contributed by atoms with van der Waals surface area (Å²) in [6.07, 6.45) is 1.12. The van der Waals surface area contributed by atoms with Gasteiger partial charge in [-0.25, -0.2) is 8.42 Å². The summed E-state index contributed by atoms with van der Waals surface area (Å²) in [6, 6.07) is 20.8. The van der Waals surface area contributed by atoms with Crippen LogP contribution in [0.15, 0.2) is 72.8 Å². The van der Waals surface area contributed by atoms with Crippen LogP contribution < -0.4 is 14.4 Å². The van der Waals surface area contributed by atoms with Gasteiger partial charge in [0.1, 0.15) is 12.4 Å². The Morgan fingerprint density at radius 1 is 1.03 bits per heavy atom. The van der Waals surface area contributed by atoms with Gasteiger partial charge in [-0.15, -0.1) is 0 Å². The van der Waals surface area contributed by atoms with E-state index in [2.05, 4.69) is 5.32 Å². The number of sulfonamides is 1. The first-order chi connectivity index (χ1) is 14.2. The van der Waals surface area contributed by atoms with E-state index >= 15 is 0 Å². The maximum absolute atomic E-state index is 12.7. The molecule has 6 nitrogen and oxygen atoms in total. The smallest absolute Gasteiger partial charge is 0.255 e. The average molecular weight is 445 g/mol. The lowest BCUT2D eigenvalue weighted by molar-refractivity contribution is 0.102. The molecule has 0 aliphatic heterocycles. The lowest BCUT2D eigenvalue weighted by Gasteiger charge is -2.17. The van der Waals surface area contributed by atoms with Crippen molar-refractivity contribution in [2.45, 2.75) is 6.61 Å². The Hall–Kier alpha value is -3.03. The molecule has 0 unspecified atom stereocenters. The van der Waals surface area contributed by atoms with E-state index in [1.165, 1.54) is 7.05 Å². The number of halogens is 1. The van der Waals surface area contributed by atoms with Crippen molar-refractivity contribution >= 4 is 38.9 Å². The molecule has 0 heterocycles. The van der Waals surface area contributed by atoms with Crippen LogP contribution in [0, 0.1) is 0 Å². The monoisotopic (exact) mass is 444 g/mol. The van der Waals surface area contributed by atoms with E-state index < -0.39 is 10.0 Å². The molecule has 0 spiro atoms. The quantitative estimate of drug-likeness (QED) is 0.579. The first-order valence-corrected chi connectivity index (χ1v) is 11.3. The number of hydrogen-bond acceptors (Lipinski definition) is 4. The molecule has 1 N–H and O–H groups in total. The summed E-state index contributed by atoms with van der Waals surface area (Å²) in [6.45, 7) is 0.282. The highest BCUT2D eigenvalue weighted by molar-refractivity contribution is 7.92. The molecule has 0 bridgehead atoms. The van der Waals surface area contributed by atoms with E-state index in [0.717, 1.165) is 16.1 Å². The van der Waals surface area contributed by atoms with Gasteiger partial charge in [-0.1, -0.05) is 41.9 Å². The molecule has 1 amide bonds. The molecule has 3 rings (SSSR count). The minimum atomic E-state index is -3.40. The van der Waals surface area contributed by atoms with Gasteiger partial charge in [0, 0.05) is 28.9 Å². The Morgan fingerprint density at radius 3 is 2.50 bits per heavy atom. The topological polar surface area (TPSA) is 75.7 Å². The van der Waals surface area contributed by atoms with Crippen molar-refractivity contribution in [1.29, 1.82) is 0 Å². The molecule has 0 aliphatic carbocycles. The van der Waals surface area contributed by atoms with Crippen LogP contribution >= 0.6 is 11.6 Å². The van der Waals surface area contributed by atoms with Gasteiger partial charge in [-0.05, 0) is 42.5 Å². The van der Waals surface area contributed by atoms with Crippen LogP contribution in [0.5, 0.6) is 5.75 Å². The minimum Gasteiger partial charge on any atom is -0.489 e. The number of nitrogens with zero attached hydrogens (tertiary/aromatic N) is 1. The molecule has 3 aromatic rings. The van der Waals surface area contributed by atoms with Crippen molar-refractivity contribution in [1.82, 2.24) is 0 Å². The highest BCUT2D eigenvalue weighted by atomic mass is 35.5. The van der Waals surface area contributed by atoms with Gasteiger partial charge in [0.25, 0.3) is 5.91 Å². The first kappa shape index (κ1) is 21.7. The third-order valence-corrected chi connectivity index (χ3v) is 5.99. The molecule has 0 saturated carbocycles. The summed E-state index contributed by atoms with van der Waals surface area (Å²) in [5.41, 5.74) is 2.19. The Kier molecular flexibility index (Phi) is 6.64. The Labute approximate surface area is 181 Å². The highest BCUT2D eigenvalue weighted by Gasteiger charge is 2.13. The molecule has 0 aromatic heterocycles. The Bertz CT molecular complexity index is 1170. The summed E-state index contributed by atoms with van der Waals surface area (Å²) in [5, 5.41) is 3.39. The minimum absolute atomic E-state index is 0.282. The lowest BCUT2D eigenvalue weighted by Crippen LogP contribution is -2.24. The SMILES string of the molecule is CN(c1cccc(NC(=O)c2cccc(OCc3ccccc3Cl)c2)c1)S(C)(=O)=O. The molecule has 8 heteroatoms. The van der Waals surface area contributed by atoms with Crippen molar-refractivity contribution in [3.63, 3.8) is 0 Å². The Morgan fingerprint density at radius 2 is 1.77 bits per heavy atom. The van der Waals surface area contributed by atoms with Crippen molar-refractivity contribution in [2.24, 2.45) is 0 Å². The fourth-order valence-electron chi connectivity index (χ4n) is 2.68. The van der Waals surface area contributed by atoms with Gasteiger partial charge in [0.15, 0.2) is 0 Å². The number of nitrogens with one attached hydrogen (secondary N) is 1. The molecule has 0 fully saturated rings. The van der Waals surface area contributed by atoms with Crippen LogP contribution in [0.25, 0.3) is 0 Å². The maximum Gasteiger partial charge on any atom is 0.255 e. The van der Waals surface area contributed by atoms with Crippen molar-refractivity contribution in [3.05, 3.63) is 88.9 Å². The van der Waals surface area contributed by atoms with Crippen molar-refractivity contribution in [3.8, 4) is 5.75 Å². The predicted molar refractivity (Wildman–Crippen MR) is 120 cm³/mol. The highest BCUT2D eigenvalue weighted by Crippen LogP contribution is 2.22. The van der Waals surface area contributed by atoms with Gasteiger partial charge in [-0.2, -0.15) is 0 Å².